The number of rotatable bonds is 10. The predicted molar refractivity (Wildman–Crippen MR) is 134 cm³/mol. The Bertz CT molecular complexity index is 1430. The number of amides is 2. The Morgan fingerprint density at radius 3 is 2.22 bits per heavy atom. The van der Waals surface area contributed by atoms with E-state index >= 15 is 0 Å². The van der Waals surface area contributed by atoms with Crippen molar-refractivity contribution < 1.29 is 40.3 Å². The van der Waals surface area contributed by atoms with Crippen molar-refractivity contribution in [2.24, 2.45) is 15.2 Å². The van der Waals surface area contributed by atoms with Gasteiger partial charge < -0.3 is 15.4 Å². The first-order chi connectivity index (χ1) is 19.4. The van der Waals surface area contributed by atoms with Crippen LogP contribution in [0.3, 0.4) is 0 Å². The Morgan fingerprint density at radius 2 is 1.59 bits per heavy atom. The van der Waals surface area contributed by atoms with Crippen LogP contribution in [0.25, 0.3) is 0 Å². The van der Waals surface area contributed by atoms with E-state index < -0.39 is 41.2 Å². The minimum absolute atomic E-state index is 0.0455. The third-order valence-corrected chi connectivity index (χ3v) is 6.05. The SMILES string of the molecule is O=C(NCCC1=NCN=N1)N[C@](Cc1ccccc1)(c1ccc(F)cc1)c1cc(F)cc(OC(F)(F)C(F)(F)F)c1. The second-order valence-electron chi connectivity index (χ2n) is 8.95. The lowest BCUT2D eigenvalue weighted by atomic mass is 9.77. The van der Waals surface area contributed by atoms with Crippen LogP contribution >= 0.6 is 0 Å². The molecule has 1 atom stereocenters. The Hall–Kier alpha value is -4.49. The maximum absolute atomic E-state index is 14.8. The Labute approximate surface area is 229 Å². The highest BCUT2D eigenvalue weighted by molar-refractivity contribution is 5.84. The standard InChI is InChI=1S/C27H22F7N5O2/c28-20-8-6-18(7-9-20)25(15-17-4-2-1-3-5-17,38-24(40)35-11-10-23-36-16-37-39-23)19-12-21(29)14-22(13-19)41-27(33,34)26(30,31)32/h1-9,12-14H,10-11,15-16H2,(H2,35,38,40)/t25-/m1/s1. The summed E-state index contributed by atoms with van der Waals surface area (Å²) in [6.07, 6.45) is -11.6. The molecule has 1 heterocycles. The van der Waals surface area contributed by atoms with E-state index in [1.165, 1.54) is 12.1 Å². The number of nitrogens with one attached hydrogen (secondary N) is 2. The molecule has 2 N–H and O–H groups in total. The monoisotopic (exact) mass is 581 g/mol. The number of carbonyl (C=O) groups is 1. The first-order valence-electron chi connectivity index (χ1n) is 12.1. The summed E-state index contributed by atoms with van der Waals surface area (Å²) in [7, 11) is 0. The molecule has 0 fully saturated rings. The molecule has 14 heteroatoms. The molecule has 1 aliphatic heterocycles. The summed E-state index contributed by atoms with van der Waals surface area (Å²) in [5.41, 5.74) is -1.32. The van der Waals surface area contributed by atoms with Crippen LogP contribution in [0.15, 0.2) is 88.0 Å². The molecule has 0 saturated heterocycles. The van der Waals surface area contributed by atoms with E-state index in [1.54, 1.807) is 30.3 Å². The van der Waals surface area contributed by atoms with E-state index in [0.29, 0.717) is 17.5 Å². The molecule has 41 heavy (non-hydrogen) atoms. The van der Waals surface area contributed by atoms with Crippen molar-refractivity contribution in [1.29, 1.82) is 0 Å². The Kier molecular flexibility index (Phi) is 8.59. The van der Waals surface area contributed by atoms with Crippen LogP contribution in [0.1, 0.15) is 23.1 Å². The second kappa shape index (κ2) is 11.9. The van der Waals surface area contributed by atoms with Crippen molar-refractivity contribution in [1.82, 2.24) is 10.6 Å². The number of aliphatic imine (C=N–C) groups is 1. The van der Waals surface area contributed by atoms with Gasteiger partial charge in [0.25, 0.3) is 0 Å². The van der Waals surface area contributed by atoms with Crippen molar-refractivity contribution in [3.8, 4) is 5.75 Å². The van der Waals surface area contributed by atoms with Crippen molar-refractivity contribution in [3.63, 3.8) is 0 Å². The largest absolute Gasteiger partial charge is 0.499 e. The molecule has 2 amide bonds. The van der Waals surface area contributed by atoms with Gasteiger partial charge in [-0.2, -0.15) is 27.1 Å². The zero-order valence-corrected chi connectivity index (χ0v) is 21.1. The molecule has 0 aliphatic carbocycles. The fourth-order valence-corrected chi connectivity index (χ4v) is 4.18. The first-order valence-corrected chi connectivity index (χ1v) is 12.1. The van der Waals surface area contributed by atoms with Gasteiger partial charge in [-0.15, -0.1) is 5.11 Å². The summed E-state index contributed by atoms with van der Waals surface area (Å²) in [4.78, 5) is 17.2. The van der Waals surface area contributed by atoms with Crippen LogP contribution in [0.4, 0.5) is 35.5 Å². The smallest absolute Gasteiger partial charge is 0.426 e. The number of nitrogens with zero attached hydrogens (tertiary/aromatic N) is 3. The normalized spacial score (nSPS) is 14.8. The third-order valence-electron chi connectivity index (χ3n) is 6.05. The van der Waals surface area contributed by atoms with Gasteiger partial charge in [-0.1, -0.05) is 42.5 Å². The lowest BCUT2D eigenvalue weighted by Crippen LogP contribution is -2.52. The van der Waals surface area contributed by atoms with Crippen LogP contribution in [0.2, 0.25) is 0 Å². The molecule has 3 aromatic carbocycles. The molecule has 3 aromatic rings. The molecule has 0 aromatic heterocycles. The Morgan fingerprint density at radius 1 is 0.878 bits per heavy atom. The summed E-state index contributed by atoms with van der Waals surface area (Å²) in [5.74, 6) is -2.61. The van der Waals surface area contributed by atoms with Gasteiger partial charge in [-0.05, 0) is 41.0 Å². The van der Waals surface area contributed by atoms with E-state index in [9.17, 15) is 35.5 Å². The molecular weight excluding hydrogens is 559 g/mol. The number of ether oxygens (including phenoxy) is 1. The van der Waals surface area contributed by atoms with Crippen LogP contribution < -0.4 is 15.4 Å². The zero-order chi connectivity index (χ0) is 29.7. The quantitative estimate of drug-likeness (QED) is 0.268. The van der Waals surface area contributed by atoms with E-state index in [1.807, 2.05) is 0 Å². The van der Waals surface area contributed by atoms with E-state index in [2.05, 4.69) is 30.6 Å². The van der Waals surface area contributed by atoms with E-state index in [4.69, 9.17) is 0 Å². The number of azo groups is 1. The highest BCUT2D eigenvalue weighted by atomic mass is 19.4. The van der Waals surface area contributed by atoms with Crippen LogP contribution in [0.5, 0.6) is 5.75 Å². The molecule has 0 saturated carbocycles. The summed E-state index contributed by atoms with van der Waals surface area (Å²) in [5, 5.41) is 12.8. The fourth-order valence-electron chi connectivity index (χ4n) is 4.18. The van der Waals surface area contributed by atoms with E-state index in [0.717, 1.165) is 24.3 Å². The summed E-state index contributed by atoms with van der Waals surface area (Å²) in [6, 6.07) is 14.2. The zero-order valence-electron chi connectivity index (χ0n) is 21.1. The molecule has 7 nitrogen and oxygen atoms in total. The second-order valence-corrected chi connectivity index (χ2v) is 8.95. The van der Waals surface area contributed by atoms with Gasteiger partial charge in [0, 0.05) is 25.5 Å². The number of amidine groups is 1. The van der Waals surface area contributed by atoms with Crippen molar-refractivity contribution in [2.45, 2.75) is 30.7 Å². The Balaban J connectivity index is 1.80. The number of hydrogen-bond acceptors (Lipinski definition) is 5. The number of alkyl halides is 5. The van der Waals surface area contributed by atoms with Crippen molar-refractivity contribution in [2.75, 3.05) is 13.2 Å². The van der Waals surface area contributed by atoms with E-state index in [-0.39, 0.29) is 37.2 Å². The molecule has 1 aliphatic rings. The number of carbonyl (C=O) groups excluding carboxylic acids is 1. The lowest BCUT2D eigenvalue weighted by molar-refractivity contribution is -0.360. The van der Waals surface area contributed by atoms with Crippen molar-refractivity contribution in [3.05, 3.63) is 101 Å². The maximum Gasteiger partial charge on any atom is 0.499 e. The third kappa shape index (κ3) is 7.18. The van der Waals surface area contributed by atoms with Gasteiger partial charge in [0.15, 0.2) is 6.67 Å². The van der Waals surface area contributed by atoms with Gasteiger partial charge >= 0.3 is 18.3 Å². The number of urea groups is 1. The number of benzene rings is 3. The molecule has 0 bridgehead atoms. The van der Waals surface area contributed by atoms with Crippen molar-refractivity contribution >= 4 is 11.9 Å². The summed E-state index contributed by atoms with van der Waals surface area (Å²) in [6.45, 7) is 0.216. The number of hydrogen-bond donors (Lipinski definition) is 2. The van der Waals surface area contributed by atoms with Crippen LogP contribution in [0, 0.1) is 11.6 Å². The highest BCUT2D eigenvalue weighted by Gasteiger charge is 2.61. The van der Waals surface area contributed by atoms with Crippen LogP contribution in [-0.4, -0.2) is 37.4 Å². The van der Waals surface area contributed by atoms with Crippen LogP contribution in [-0.2, 0) is 12.0 Å². The molecule has 0 unspecified atom stereocenters. The number of halogens is 7. The lowest BCUT2D eigenvalue weighted by Gasteiger charge is -2.37. The molecular formula is C27H22F7N5O2. The summed E-state index contributed by atoms with van der Waals surface area (Å²) >= 11 is 0. The van der Waals surface area contributed by atoms with Gasteiger partial charge in [0.1, 0.15) is 23.2 Å². The highest BCUT2D eigenvalue weighted by Crippen LogP contribution is 2.40. The maximum atomic E-state index is 14.8. The van der Waals surface area contributed by atoms with Gasteiger partial charge in [-0.25, -0.2) is 18.6 Å². The fraction of sp³-hybridized carbons (Fsp3) is 0.259. The minimum Gasteiger partial charge on any atom is -0.426 e. The molecule has 4 rings (SSSR count). The van der Waals surface area contributed by atoms with Gasteiger partial charge in [0.05, 0.1) is 5.54 Å². The average Bonchev–Trinajstić information content (AvgIpc) is 3.41. The minimum atomic E-state index is -6.08. The average molecular weight is 581 g/mol. The summed E-state index contributed by atoms with van der Waals surface area (Å²) < 4.78 is 98.7. The molecule has 216 valence electrons. The first kappa shape index (κ1) is 29.5. The predicted octanol–water partition coefficient (Wildman–Crippen LogP) is 6.50. The molecule has 0 radical (unpaired) electrons. The van der Waals surface area contributed by atoms with Gasteiger partial charge in [0.2, 0.25) is 0 Å². The molecule has 0 spiro atoms. The van der Waals surface area contributed by atoms with Gasteiger partial charge in [-0.3, -0.25) is 0 Å². The topological polar surface area (TPSA) is 87.4 Å².